The van der Waals surface area contributed by atoms with Crippen LogP contribution in [0, 0.1) is 6.92 Å². The van der Waals surface area contributed by atoms with Crippen LogP contribution in [0.25, 0.3) is 5.57 Å². The van der Waals surface area contributed by atoms with E-state index >= 15 is 0 Å². The van der Waals surface area contributed by atoms with Crippen molar-refractivity contribution in [2.75, 3.05) is 7.11 Å². The minimum absolute atomic E-state index is 0.813. The first kappa shape index (κ1) is 12.3. The molecule has 0 N–H and O–H groups in total. The highest BCUT2D eigenvalue weighted by molar-refractivity contribution is 5.72. The molecule has 0 bridgehead atoms. The van der Waals surface area contributed by atoms with Gasteiger partial charge in [0.1, 0.15) is 5.76 Å². The van der Waals surface area contributed by atoms with E-state index < -0.39 is 0 Å². The van der Waals surface area contributed by atoms with Crippen molar-refractivity contribution in [1.29, 1.82) is 0 Å². The predicted octanol–water partition coefficient (Wildman–Crippen LogP) is 4.11. The largest absolute Gasteiger partial charge is 0.497 e. The Morgan fingerprint density at radius 2 is 1.88 bits per heavy atom. The Balaban J connectivity index is 2.90. The lowest BCUT2D eigenvalue weighted by Gasteiger charge is -2.04. The molecule has 84 valence electrons. The topological polar surface area (TPSA) is 9.23 Å². The summed E-state index contributed by atoms with van der Waals surface area (Å²) >= 11 is 0. The summed E-state index contributed by atoms with van der Waals surface area (Å²) in [5.74, 6) is 0.813. The van der Waals surface area contributed by atoms with Gasteiger partial charge in [-0.3, -0.25) is 0 Å². The third kappa shape index (κ3) is 3.43. The molecule has 16 heavy (non-hydrogen) atoms. The van der Waals surface area contributed by atoms with Crippen molar-refractivity contribution in [2.24, 2.45) is 0 Å². The summed E-state index contributed by atoms with van der Waals surface area (Å²) < 4.78 is 5.22. The highest BCUT2D eigenvalue weighted by Gasteiger charge is 1.97. The van der Waals surface area contributed by atoms with Crippen molar-refractivity contribution in [3.05, 3.63) is 66.0 Å². The molecule has 1 aromatic carbocycles. The predicted molar refractivity (Wildman–Crippen MR) is 70.1 cm³/mol. The van der Waals surface area contributed by atoms with E-state index in [1.807, 2.05) is 25.2 Å². The number of ether oxygens (including phenoxy) is 1. The molecule has 0 saturated heterocycles. The average molecular weight is 214 g/mol. The van der Waals surface area contributed by atoms with Gasteiger partial charge in [0.2, 0.25) is 0 Å². The quantitative estimate of drug-likeness (QED) is 0.541. The molecular formula is C15H18O. The second-order valence-electron chi connectivity index (χ2n) is 3.64. The van der Waals surface area contributed by atoms with Crippen molar-refractivity contribution < 1.29 is 4.74 Å². The summed E-state index contributed by atoms with van der Waals surface area (Å²) in [5.41, 5.74) is 3.32. The van der Waals surface area contributed by atoms with Crippen LogP contribution in [-0.4, -0.2) is 7.11 Å². The van der Waals surface area contributed by atoms with E-state index in [9.17, 15) is 0 Å². The fourth-order valence-corrected chi connectivity index (χ4v) is 1.36. The molecule has 0 aliphatic heterocycles. The molecule has 0 spiro atoms. The van der Waals surface area contributed by atoms with Gasteiger partial charge in [-0.2, -0.15) is 0 Å². The first-order valence-corrected chi connectivity index (χ1v) is 5.31. The lowest BCUT2D eigenvalue weighted by Crippen LogP contribution is -1.85. The highest BCUT2D eigenvalue weighted by Crippen LogP contribution is 2.16. The van der Waals surface area contributed by atoms with Gasteiger partial charge in [-0.25, -0.2) is 0 Å². The third-order valence-corrected chi connectivity index (χ3v) is 2.31. The fourth-order valence-electron chi connectivity index (χ4n) is 1.36. The number of methoxy groups -OCH3 is 1. The molecule has 0 saturated carbocycles. The van der Waals surface area contributed by atoms with Gasteiger partial charge in [0.15, 0.2) is 0 Å². The zero-order valence-electron chi connectivity index (χ0n) is 10.2. The van der Waals surface area contributed by atoms with Crippen molar-refractivity contribution in [3.63, 3.8) is 0 Å². The number of allylic oxidation sites excluding steroid dienone is 4. The van der Waals surface area contributed by atoms with E-state index in [-0.39, 0.29) is 0 Å². The second kappa shape index (κ2) is 5.96. The molecule has 1 heteroatoms. The van der Waals surface area contributed by atoms with Crippen molar-refractivity contribution in [1.82, 2.24) is 0 Å². The molecule has 1 rings (SSSR count). The van der Waals surface area contributed by atoms with Gasteiger partial charge >= 0.3 is 0 Å². The van der Waals surface area contributed by atoms with Crippen LogP contribution in [0.4, 0.5) is 0 Å². The Kier molecular flexibility index (Phi) is 4.59. The summed E-state index contributed by atoms with van der Waals surface area (Å²) in [5, 5.41) is 0. The van der Waals surface area contributed by atoms with Gasteiger partial charge in [0, 0.05) is 0 Å². The van der Waals surface area contributed by atoms with E-state index in [1.165, 1.54) is 5.56 Å². The van der Waals surface area contributed by atoms with E-state index in [4.69, 9.17) is 4.74 Å². The van der Waals surface area contributed by atoms with E-state index in [0.29, 0.717) is 0 Å². The number of rotatable bonds is 4. The summed E-state index contributed by atoms with van der Waals surface area (Å²) in [7, 11) is 1.66. The van der Waals surface area contributed by atoms with Gasteiger partial charge in [-0.15, -0.1) is 0 Å². The molecule has 1 aromatic rings. The van der Waals surface area contributed by atoms with Crippen LogP contribution in [0.5, 0.6) is 0 Å². The number of hydrogen-bond acceptors (Lipinski definition) is 1. The van der Waals surface area contributed by atoms with E-state index in [2.05, 4.69) is 37.8 Å². The molecule has 0 aliphatic carbocycles. The summed E-state index contributed by atoms with van der Waals surface area (Å²) in [6.07, 6.45) is 5.79. The van der Waals surface area contributed by atoms with Crippen molar-refractivity contribution in [3.8, 4) is 0 Å². The first-order valence-electron chi connectivity index (χ1n) is 5.31. The monoisotopic (exact) mass is 214 g/mol. The standard InChI is InChI=1S/C15H18O/c1-5-6-15(16-4)11-13(3)14-9-7-12(2)8-10-14/h5-11H,3H2,1-2,4H3/b6-5-,15-11+. The maximum Gasteiger partial charge on any atom is 0.119 e. The SMILES string of the molecule is C=C(/C=C(\C=C/C)OC)c1ccc(C)cc1. The van der Waals surface area contributed by atoms with Crippen LogP contribution in [0.15, 0.2) is 54.8 Å². The molecule has 0 unspecified atom stereocenters. The van der Waals surface area contributed by atoms with Gasteiger partial charge in [-0.05, 0) is 37.1 Å². The Labute approximate surface area is 97.8 Å². The second-order valence-corrected chi connectivity index (χ2v) is 3.64. The molecular weight excluding hydrogens is 196 g/mol. The molecule has 0 fully saturated rings. The maximum atomic E-state index is 5.22. The van der Waals surface area contributed by atoms with Crippen LogP contribution >= 0.6 is 0 Å². The van der Waals surface area contributed by atoms with Crippen LogP contribution in [-0.2, 0) is 4.74 Å². The smallest absolute Gasteiger partial charge is 0.119 e. The zero-order valence-corrected chi connectivity index (χ0v) is 10.2. The first-order chi connectivity index (χ1) is 7.67. The minimum Gasteiger partial charge on any atom is -0.497 e. The summed E-state index contributed by atoms with van der Waals surface area (Å²) in [6, 6.07) is 8.29. The zero-order chi connectivity index (χ0) is 12.0. The van der Waals surface area contributed by atoms with Crippen LogP contribution < -0.4 is 0 Å². The molecule has 0 amide bonds. The van der Waals surface area contributed by atoms with Crippen molar-refractivity contribution in [2.45, 2.75) is 13.8 Å². The minimum atomic E-state index is 0.813. The van der Waals surface area contributed by atoms with Gasteiger partial charge in [-0.1, -0.05) is 42.5 Å². The molecule has 1 nitrogen and oxygen atoms in total. The highest BCUT2D eigenvalue weighted by atomic mass is 16.5. The third-order valence-electron chi connectivity index (χ3n) is 2.31. The molecule has 0 aliphatic rings. The molecule has 0 heterocycles. The molecule has 0 aromatic heterocycles. The van der Waals surface area contributed by atoms with Crippen LogP contribution in [0.3, 0.4) is 0 Å². The van der Waals surface area contributed by atoms with Crippen molar-refractivity contribution >= 4 is 5.57 Å². The normalized spacial score (nSPS) is 11.8. The number of hydrogen-bond donors (Lipinski definition) is 0. The van der Waals surface area contributed by atoms with Gasteiger partial charge in [0.05, 0.1) is 7.11 Å². The summed E-state index contributed by atoms with van der Waals surface area (Å²) in [4.78, 5) is 0. The van der Waals surface area contributed by atoms with Crippen LogP contribution in [0.1, 0.15) is 18.1 Å². The van der Waals surface area contributed by atoms with Crippen LogP contribution in [0.2, 0.25) is 0 Å². The van der Waals surface area contributed by atoms with E-state index in [1.54, 1.807) is 7.11 Å². The van der Waals surface area contributed by atoms with Gasteiger partial charge in [0.25, 0.3) is 0 Å². The molecule has 0 atom stereocenters. The van der Waals surface area contributed by atoms with E-state index in [0.717, 1.165) is 16.9 Å². The lowest BCUT2D eigenvalue weighted by atomic mass is 10.1. The Morgan fingerprint density at radius 3 is 2.38 bits per heavy atom. The maximum absolute atomic E-state index is 5.22. The Morgan fingerprint density at radius 1 is 1.25 bits per heavy atom. The Bertz CT molecular complexity index is 408. The lowest BCUT2D eigenvalue weighted by molar-refractivity contribution is 0.307. The summed E-state index contributed by atoms with van der Waals surface area (Å²) in [6.45, 7) is 8.07. The fraction of sp³-hybridized carbons (Fsp3) is 0.200. The molecule has 0 radical (unpaired) electrons. The number of benzene rings is 1. The van der Waals surface area contributed by atoms with Gasteiger partial charge < -0.3 is 4.74 Å². The average Bonchev–Trinajstić information content (AvgIpc) is 2.29. The Hall–Kier alpha value is -1.76. The number of aryl methyl sites for hydroxylation is 1.